The minimum Gasteiger partial charge on any atom is -0.421 e. The van der Waals surface area contributed by atoms with Gasteiger partial charge in [-0.05, 0) is 0 Å². The maximum absolute atomic E-state index is 11.5. The average Bonchev–Trinajstić information content (AvgIpc) is 1.68. The van der Waals surface area contributed by atoms with Crippen LogP contribution in [-0.4, -0.2) is 21.1 Å². The summed E-state index contributed by atoms with van der Waals surface area (Å²) in [5.74, 6) is 0. The van der Waals surface area contributed by atoms with E-state index < -0.39 is 13.0 Å². The number of alkyl halides is 2. The molecule has 0 fully saturated rings. The van der Waals surface area contributed by atoms with Crippen molar-refractivity contribution in [2.24, 2.45) is 0 Å². The van der Waals surface area contributed by atoms with Gasteiger partial charge in [0, 0.05) is 6.42 Å². The molecule has 0 bridgehead atoms. The van der Waals surface area contributed by atoms with E-state index in [0.29, 0.717) is 0 Å². The zero-order valence-electron chi connectivity index (χ0n) is 3.73. The Morgan fingerprint density at radius 3 is 2.43 bits per heavy atom. The van der Waals surface area contributed by atoms with Crippen LogP contribution in [0.5, 0.6) is 0 Å². The minimum absolute atomic E-state index is 0.281. The number of hydrogen-bond acceptors (Lipinski definition) is 1. The second-order valence-electron chi connectivity index (χ2n) is 1.02. The molecule has 4 heteroatoms. The van der Waals surface area contributed by atoms with E-state index in [2.05, 4.69) is 12.7 Å². The largest absolute Gasteiger partial charge is 0.421 e. The van der Waals surface area contributed by atoms with E-state index in [0.717, 1.165) is 0 Å². The molecule has 7 heavy (non-hydrogen) atoms. The highest BCUT2D eigenvalue weighted by Gasteiger charge is 1.99. The second-order valence-corrected chi connectivity index (χ2v) is 1.02. The molecule has 40 valence electrons. The van der Waals surface area contributed by atoms with Crippen LogP contribution in [0.1, 0.15) is 6.42 Å². The van der Waals surface area contributed by atoms with Crippen LogP contribution in [0.2, 0.25) is 0 Å². The Kier molecular flexibility index (Phi) is 3.99. The van der Waals surface area contributed by atoms with Crippen LogP contribution >= 0.6 is 0 Å². The summed E-state index contributed by atoms with van der Waals surface area (Å²) in [6.45, 7) is -0.738. The summed E-state index contributed by atoms with van der Waals surface area (Å²) in [4.78, 5) is 0. The Balaban J connectivity index is 2.83. The number of halogens is 2. The highest BCUT2D eigenvalue weighted by atomic mass is 19.2. The van der Waals surface area contributed by atoms with E-state index in [1.54, 1.807) is 0 Å². The SMILES string of the molecule is [B]OC(F)CCF. The zero-order chi connectivity index (χ0) is 5.70. The van der Waals surface area contributed by atoms with Crippen LogP contribution in [0.25, 0.3) is 0 Å². The fourth-order valence-corrected chi connectivity index (χ4v) is 0.154. The van der Waals surface area contributed by atoms with Crippen molar-refractivity contribution in [3.05, 3.63) is 0 Å². The standard InChI is InChI=1S/C3H5BF2O/c4-7-3(6)1-2-5/h3H,1-2H2. The maximum atomic E-state index is 11.5. The van der Waals surface area contributed by atoms with E-state index in [-0.39, 0.29) is 6.42 Å². The Bertz CT molecular complexity index is 43.9. The second kappa shape index (κ2) is 4.05. The monoisotopic (exact) mass is 106 g/mol. The van der Waals surface area contributed by atoms with Gasteiger partial charge in [0.2, 0.25) is 0 Å². The molecule has 0 heterocycles. The lowest BCUT2D eigenvalue weighted by atomic mass is 10.4. The van der Waals surface area contributed by atoms with E-state index in [9.17, 15) is 8.78 Å². The van der Waals surface area contributed by atoms with Gasteiger partial charge in [-0.1, -0.05) is 0 Å². The summed E-state index contributed by atoms with van der Waals surface area (Å²) in [6, 6.07) is 0. The summed E-state index contributed by atoms with van der Waals surface area (Å²) >= 11 is 0. The topological polar surface area (TPSA) is 9.23 Å². The van der Waals surface area contributed by atoms with Crippen molar-refractivity contribution in [1.82, 2.24) is 0 Å². The lowest BCUT2D eigenvalue weighted by Crippen LogP contribution is -2.03. The molecule has 1 nitrogen and oxygen atoms in total. The molecule has 1 atom stereocenters. The molecule has 0 aromatic rings. The van der Waals surface area contributed by atoms with Crippen molar-refractivity contribution < 1.29 is 13.4 Å². The van der Waals surface area contributed by atoms with Crippen LogP contribution < -0.4 is 0 Å². The third-order valence-corrected chi connectivity index (χ3v) is 0.484. The summed E-state index contributed by atoms with van der Waals surface area (Å²) in [7, 11) is 4.32. The van der Waals surface area contributed by atoms with Gasteiger partial charge in [0.15, 0.2) is 6.36 Å². The molecule has 0 aromatic carbocycles. The smallest absolute Gasteiger partial charge is 0.286 e. The summed E-state index contributed by atoms with van der Waals surface area (Å²) in [5.41, 5.74) is 0. The lowest BCUT2D eigenvalue weighted by molar-refractivity contribution is 0.0623. The normalized spacial score (nSPS) is 14.0. The fourth-order valence-electron chi connectivity index (χ4n) is 0.154. The maximum Gasteiger partial charge on any atom is 0.286 e. The van der Waals surface area contributed by atoms with Gasteiger partial charge in [-0.2, -0.15) is 0 Å². The highest BCUT2D eigenvalue weighted by molar-refractivity contribution is 5.98. The van der Waals surface area contributed by atoms with Crippen LogP contribution in [-0.2, 0) is 4.65 Å². The van der Waals surface area contributed by atoms with E-state index in [4.69, 9.17) is 0 Å². The van der Waals surface area contributed by atoms with Gasteiger partial charge in [0.05, 0.1) is 6.67 Å². The first kappa shape index (κ1) is 6.88. The number of hydrogen-bond donors (Lipinski definition) is 0. The fraction of sp³-hybridized carbons (Fsp3) is 1.00. The van der Waals surface area contributed by atoms with Gasteiger partial charge in [0.1, 0.15) is 0 Å². The molecule has 0 saturated heterocycles. The molecule has 1 unspecified atom stereocenters. The summed E-state index contributed by atoms with van der Waals surface area (Å²) < 4.78 is 26.2. The first-order valence-corrected chi connectivity index (χ1v) is 1.87. The molecule has 2 radical (unpaired) electrons. The third kappa shape index (κ3) is 3.72. The predicted octanol–water partition coefficient (Wildman–Crippen LogP) is 0.742. The zero-order valence-corrected chi connectivity index (χ0v) is 3.73. The lowest BCUT2D eigenvalue weighted by Gasteiger charge is -1.99. The average molecular weight is 106 g/mol. The molecule has 0 aliphatic heterocycles. The first-order valence-electron chi connectivity index (χ1n) is 1.87. The molecule has 0 spiro atoms. The molecule has 0 N–H and O–H groups in total. The molecule has 0 aliphatic rings. The highest BCUT2D eigenvalue weighted by Crippen LogP contribution is 1.95. The van der Waals surface area contributed by atoms with Crippen LogP contribution in [0.4, 0.5) is 8.78 Å². The van der Waals surface area contributed by atoms with Crippen LogP contribution in [0, 0.1) is 0 Å². The van der Waals surface area contributed by atoms with Crippen molar-refractivity contribution in [2.45, 2.75) is 12.8 Å². The van der Waals surface area contributed by atoms with Crippen molar-refractivity contribution in [1.29, 1.82) is 0 Å². The van der Waals surface area contributed by atoms with E-state index in [1.165, 1.54) is 0 Å². The van der Waals surface area contributed by atoms with Gasteiger partial charge in [-0.25, -0.2) is 4.39 Å². The first-order chi connectivity index (χ1) is 3.31. The summed E-state index contributed by atoms with van der Waals surface area (Å²) in [5, 5.41) is 0. The minimum atomic E-state index is -1.65. The molecular formula is C3H5BF2O. The predicted molar refractivity (Wildman–Crippen MR) is 22.3 cm³/mol. The van der Waals surface area contributed by atoms with Crippen molar-refractivity contribution in [3.8, 4) is 0 Å². The van der Waals surface area contributed by atoms with Crippen LogP contribution in [0.3, 0.4) is 0 Å². The Hall–Kier alpha value is -0.115. The molecular weight excluding hydrogens is 101 g/mol. The van der Waals surface area contributed by atoms with Gasteiger partial charge in [-0.3, -0.25) is 4.39 Å². The van der Waals surface area contributed by atoms with Gasteiger partial charge in [0.25, 0.3) is 8.05 Å². The van der Waals surface area contributed by atoms with Gasteiger partial charge in [-0.15, -0.1) is 0 Å². The third-order valence-electron chi connectivity index (χ3n) is 0.484. The van der Waals surface area contributed by atoms with E-state index >= 15 is 0 Å². The Labute approximate surface area is 42.1 Å². The number of rotatable bonds is 3. The Morgan fingerprint density at radius 2 is 2.29 bits per heavy atom. The van der Waals surface area contributed by atoms with Crippen molar-refractivity contribution in [2.75, 3.05) is 6.67 Å². The molecule has 0 saturated carbocycles. The summed E-state index contributed by atoms with van der Waals surface area (Å²) in [6.07, 6.45) is -1.93. The van der Waals surface area contributed by atoms with Crippen molar-refractivity contribution in [3.63, 3.8) is 0 Å². The van der Waals surface area contributed by atoms with Gasteiger partial charge < -0.3 is 4.65 Å². The van der Waals surface area contributed by atoms with E-state index in [1.807, 2.05) is 0 Å². The van der Waals surface area contributed by atoms with Gasteiger partial charge >= 0.3 is 0 Å². The molecule has 0 aromatic heterocycles. The molecule has 0 rings (SSSR count). The quantitative estimate of drug-likeness (QED) is 0.482. The molecule has 0 amide bonds. The van der Waals surface area contributed by atoms with Crippen molar-refractivity contribution >= 4 is 8.05 Å². The van der Waals surface area contributed by atoms with Crippen LogP contribution in [0.15, 0.2) is 0 Å². The molecule has 0 aliphatic carbocycles. The Morgan fingerprint density at radius 1 is 1.71 bits per heavy atom.